The Morgan fingerprint density at radius 1 is 1.35 bits per heavy atom. The van der Waals surface area contributed by atoms with Crippen LogP contribution in [-0.2, 0) is 0 Å². The van der Waals surface area contributed by atoms with Crippen molar-refractivity contribution in [2.75, 3.05) is 19.6 Å². The molecule has 20 heavy (non-hydrogen) atoms. The second-order valence-corrected chi connectivity index (χ2v) is 4.95. The fraction of sp³-hybridized carbons (Fsp3) is 0.357. The molecule has 0 radical (unpaired) electrons. The van der Waals surface area contributed by atoms with Gasteiger partial charge in [-0.05, 0) is 19.1 Å². The Balaban J connectivity index is 1.78. The Morgan fingerprint density at radius 3 is 2.90 bits per heavy atom. The molecule has 6 heteroatoms. The van der Waals surface area contributed by atoms with Crippen molar-refractivity contribution in [2.45, 2.75) is 13.0 Å². The molecular weight excluding hydrogens is 254 g/mol. The molecule has 0 saturated carbocycles. The minimum Gasteiger partial charge on any atom is -0.333 e. The number of piperazine rings is 1. The largest absolute Gasteiger partial charge is 0.333 e. The summed E-state index contributed by atoms with van der Waals surface area (Å²) in [4.78, 5) is 18.3. The van der Waals surface area contributed by atoms with Crippen molar-refractivity contribution < 1.29 is 4.79 Å². The number of benzene rings is 1. The molecule has 6 nitrogen and oxygen atoms in total. The molecule has 1 amide bonds. The first kappa shape index (κ1) is 12.8. The monoisotopic (exact) mass is 271 g/mol. The molecule has 2 heterocycles. The zero-order chi connectivity index (χ0) is 13.9. The van der Waals surface area contributed by atoms with Gasteiger partial charge in [0, 0.05) is 25.7 Å². The molecule has 1 aliphatic rings. The molecule has 104 valence electrons. The lowest BCUT2D eigenvalue weighted by Crippen LogP contribution is -2.51. The standard InChI is InChI=1S/C14H17N5O/c1-11-9-18(8-7-15-11)14(20)13-16-10-19(17-13)12-5-3-2-4-6-12/h2-6,10-11,15H,7-9H2,1H3. The van der Waals surface area contributed by atoms with Crippen molar-refractivity contribution in [3.8, 4) is 5.69 Å². The summed E-state index contributed by atoms with van der Waals surface area (Å²) in [5.41, 5.74) is 0.896. The van der Waals surface area contributed by atoms with Gasteiger partial charge in [0.05, 0.1) is 5.69 Å². The SMILES string of the molecule is CC1CN(C(=O)c2ncn(-c3ccccc3)n2)CCN1. The van der Waals surface area contributed by atoms with Crippen molar-refractivity contribution in [3.05, 3.63) is 42.5 Å². The van der Waals surface area contributed by atoms with E-state index in [4.69, 9.17) is 0 Å². The summed E-state index contributed by atoms with van der Waals surface area (Å²) in [5, 5.41) is 7.58. The highest BCUT2D eigenvalue weighted by molar-refractivity contribution is 5.90. The summed E-state index contributed by atoms with van der Waals surface area (Å²) in [6.45, 7) is 4.27. The van der Waals surface area contributed by atoms with E-state index in [9.17, 15) is 4.79 Å². The van der Waals surface area contributed by atoms with E-state index in [1.165, 1.54) is 0 Å². The van der Waals surface area contributed by atoms with Gasteiger partial charge in [-0.15, -0.1) is 5.10 Å². The predicted octanol–water partition coefficient (Wildman–Crippen LogP) is 0.701. The number of hydrogen-bond acceptors (Lipinski definition) is 4. The molecule has 1 aliphatic heterocycles. The van der Waals surface area contributed by atoms with E-state index in [2.05, 4.69) is 22.3 Å². The Bertz CT molecular complexity index is 595. The lowest BCUT2D eigenvalue weighted by atomic mass is 10.2. The maximum absolute atomic E-state index is 12.3. The highest BCUT2D eigenvalue weighted by atomic mass is 16.2. The number of carbonyl (C=O) groups is 1. The summed E-state index contributed by atoms with van der Waals surface area (Å²) in [6, 6.07) is 9.96. The molecule has 1 saturated heterocycles. The second-order valence-electron chi connectivity index (χ2n) is 4.95. The van der Waals surface area contributed by atoms with E-state index < -0.39 is 0 Å². The summed E-state index contributed by atoms with van der Waals surface area (Å²) in [7, 11) is 0. The third kappa shape index (κ3) is 2.55. The van der Waals surface area contributed by atoms with Crippen LogP contribution in [0.1, 0.15) is 17.5 Å². The van der Waals surface area contributed by atoms with Gasteiger partial charge >= 0.3 is 0 Å². The molecular formula is C14H17N5O. The van der Waals surface area contributed by atoms with Crippen molar-refractivity contribution in [3.63, 3.8) is 0 Å². The van der Waals surface area contributed by atoms with E-state index in [0.29, 0.717) is 19.1 Å². The lowest BCUT2D eigenvalue weighted by Gasteiger charge is -2.30. The normalized spacial score (nSPS) is 19.1. The van der Waals surface area contributed by atoms with E-state index in [1.807, 2.05) is 30.3 Å². The van der Waals surface area contributed by atoms with Crippen molar-refractivity contribution >= 4 is 5.91 Å². The van der Waals surface area contributed by atoms with Crippen molar-refractivity contribution in [2.24, 2.45) is 0 Å². The molecule has 3 rings (SSSR count). The van der Waals surface area contributed by atoms with Gasteiger partial charge in [-0.25, -0.2) is 9.67 Å². The van der Waals surface area contributed by atoms with Crippen molar-refractivity contribution in [1.82, 2.24) is 25.0 Å². The number of aromatic nitrogens is 3. The average Bonchev–Trinajstić information content (AvgIpc) is 2.97. The minimum atomic E-state index is -0.104. The molecule has 0 bridgehead atoms. The number of amides is 1. The molecule has 0 spiro atoms. The van der Waals surface area contributed by atoms with Crippen LogP contribution in [0.5, 0.6) is 0 Å². The van der Waals surface area contributed by atoms with Gasteiger partial charge in [0.15, 0.2) is 0 Å². The van der Waals surface area contributed by atoms with Gasteiger partial charge < -0.3 is 10.2 Å². The van der Waals surface area contributed by atoms with Gasteiger partial charge in [0.1, 0.15) is 6.33 Å². The fourth-order valence-corrected chi connectivity index (χ4v) is 2.32. The van der Waals surface area contributed by atoms with Gasteiger partial charge in [0.25, 0.3) is 5.91 Å². The van der Waals surface area contributed by atoms with Crippen molar-refractivity contribution in [1.29, 1.82) is 0 Å². The predicted molar refractivity (Wildman–Crippen MR) is 74.7 cm³/mol. The summed E-state index contributed by atoms with van der Waals surface area (Å²) in [5.74, 6) is 0.149. The third-order valence-electron chi connectivity index (χ3n) is 3.36. The number of nitrogens with zero attached hydrogens (tertiary/aromatic N) is 4. The van der Waals surface area contributed by atoms with Gasteiger partial charge in [0.2, 0.25) is 5.82 Å². The molecule has 2 aromatic rings. The smallest absolute Gasteiger partial charge is 0.293 e. The number of carbonyl (C=O) groups excluding carboxylic acids is 1. The molecule has 1 aromatic carbocycles. The first-order chi connectivity index (χ1) is 9.74. The van der Waals surface area contributed by atoms with Crippen LogP contribution in [0.3, 0.4) is 0 Å². The van der Waals surface area contributed by atoms with Crippen LogP contribution < -0.4 is 5.32 Å². The fourth-order valence-electron chi connectivity index (χ4n) is 2.32. The zero-order valence-corrected chi connectivity index (χ0v) is 11.4. The molecule has 1 fully saturated rings. The number of hydrogen-bond donors (Lipinski definition) is 1. The average molecular weight is 271 g/mol. The Hall–Kier alpha value is -2.21. The maximum Gasteiger partial charge on any atom is 0.293 e. The first-order valence-electron chi connectivity index (χ1n) is 6.74. The van der Waals surface area contributed by atoms with Gasteiger partial charge in [-0.3, -0.25) is 4.79 Å². The summed E-state index contributed by atoms with van der Waals surface area (Å²) in [6.07, 6.45) is 1.58. The quantitative estimate of drug-likeness (QED) is 0.873. The minimum absolute atomic E-state index is 0.104. The van der Waals surface area contributed by atoms with Crippen LogP contribution in [-0.4, -0.2) is 51.2 Å². The van der Waals surface area contributed by atoms with Crippen LogP contribution in [0.4, 0.5) is 0 Å². The van der Waals surface area contributed by atoms with Crippen LogP contribution >= 0.6 is 0 Å². The van der Waals surface area contributed by atoms with Gasteiger partial charge in [-0.2, -0.15) is 0 Å². The molecule has 1 N–H and O–H groups in total. The van der Waals surface area contributed by atoms with E-state index >= 15 is 0 Å². The highest BCUT2D eigenvalue weighted by Crippen LogP contribution is 2.07. The third-order valence-corrected chi connectivity index (χ3v) is 3.36. The molecule has 1 aromatic heterocycles. The number of rotatable bonds is 2. The van der Waals surface area contributed by atoms with E-state index in [1.54, 1.807) is 15.9 Å². The first-order valence-corrected chi connectivity index (χ1v) is 6.74. The van der Waals surface area contributed by atoms with Crippen LogP contribution in [0, 0.1) is 0 Å². The van der Waals surface area contributed by atoms with E-state index in [0.717, 1.165) is 12.2 Å². The zero-order valence-electron chi connectivity index (χ0n) is 11.4. The molecule has 1 atom stereocenters. The second kappa shape index (κ2) is 5.42. The van der Waals surface area contributed by atoms with Crippen LogP contribution in [0.15, 0.2) is 36.7 Å². The molecule has 0 aliphatic carbocycles. The number of para-hydroxylation sites is 1. The van der Waals surface area contributed by atoms with Gasteiger partial charge in [-0.1, -0.05) is 18.2 Å². The Morgan fingerprint density at radius 2 is 2.15 bits per heavy atom. The topological polar surface area (TPSA) is 63.1 Å². The maximum atomic E-state index is 12.3. The van der Waals surface area contributed by atoms with E-state index in [-0.39, 0.29) is 11.7 Å². The summed E-state index contributed by atoms with van der Waals surface area (Å²) < 4.78 is 1.62. The number of nitrogens with one attached hydrogen (secondary N) is 1. The Kier molecular flexibility index (Phi) is 3.47. The van der Waals surface area contributed by atoms with Crippen LogP contribution in [0.2, 0.25) is 0 Å². The summed E-state index contributed by atoms with van der Waals surface area (Å²) >= 11 is 0. The highest BCUT2D eigenvalue weighted by Gasteiger charge is 2.24. The van der Waals surface area contributed by atoms with Crippen LogP contribution in [0.25, 0.3) is 5.69 Å². The Labute approximate surface area is 117 Å². The molecule has 1 unspecified atom stereocenters. The lowest BCUT2D eigenvalue weighted by molar-refractivity contribution is 0.0697.